The highest BCUT2D eigenvalue weighted by atomic mass is 16.5. The predicted molar refractivity (Wildman–Crippen MR) is 86.3 cm³/mol. The third kappa shape index (κ3) is 3.42. The first-order chi connectivity index (χ1) is 10.4. The highest BCUT2D eigenvalue weighted by Crippen LogP contribution is 2.30. The summed E-state index contributed by atoms with van der Waals surface area (Å²) < 4.78 is 5.55. The molecular formula is C18H24N2O. The molecular weight excluding hydrogens is 260 g/mol. The Kier molecular flexibility index (Phi) is 4.84. The van der Waals surface area contributed by atoms with Crippen molar-refractivity contribution in [2.24, 2.45) is 5.92 Å². The second kappa shape index (κ2) is 7.01. The first kappa shape index (κ1) is 14.5. The number of rotatable bonds is 6. The molecule has 1 aliphatic heterocycles. The number of fused-ring (bicyclic) bond motifs is 1. The summed E-state index contributed by atoms with van der Waals surface area (Å²) in [5, 5.41) is 4.99. The van der Waals surface area contributed by atoms with Gasteiger partial charge in [-0.05, 0) is 49.4 Å². The molecule has 2 atom stereocenters. The van der Waals surface area contributed by atoms with Gasteiger partial charge in [-0.1, -0.05) is 25.1 Å². The van der Waals surface area contributed by atoms with Gasteiger partial charge in [-0.25, -0.2) is 0 Å². The standard InChI is InChI=1S/C18H24N2O/c1-2-9-19-18(12-14-8-11-21-13-14)16-5-3-7-17-15(16)6-4-10-20-17/h3-7,10,14,18-19H,2,8-9,11-13H2,1H3. The van der Waals surface area contributed by atoms with E-state index in [2.05, 4.69) is 41.5 Å². The molecule has 1 saturated heterocycles. The van der Waals surface area contributed by atoms with Crippen LogP contribution >= 0.6 is 0 Å². The third-order valence-electron chi connectivity index (χ3n) is 4.29. The zero-order chi connectivity index (χ0) is 14.5. The Morgan fingerprint density at radius 3 is 3.10 bits per heavy atom. The summed E-state index contributed by atoms with van der Waals surface area (Å²) in [7, 11) is 0. The van der Waals surface area contributed by atoms with Crippen molar-refractivity contribution in [1.29, 1.82) is 0 Å². The van der Waals surface area contributed by atoms with Crippen LogP contribution < -0.4 is 5.32 Å². The molecule has 0 amide bonds. The molecule has 3 rings (SSSR count). The van der Waals surface area contributed by atoms with Crippen molar-refractivity contribution in [3.05, 3.63) is 42.1 Å². The molecule has 0 aliphatic carbocycles. The van der Waals surface area contributed by atoms with E-state index in [9.17, 15) is 0 Å². The van der Waals surface area contributed by atoms with Gasteiger partial charge in [-0.2, -0.15) is 0 Å². The second-order valence-electron chi connectivity index (χ2n) is 5.89. The van der Waals surface area contributed by atoms with E-state index >= 15 is 0 Å². The highest BCUT2D eigenvalue weighted by Gasteiger charge is 2.22. The molecule has 0 saturated carbocycles. The summed E-state index contributed by atoms with van der Waals surface area (Å²) in [6, 6.07) is 11.1. The average Bonchev–Trinajstić information content (AvgIpc) is 3.04. The lowest BCUT2D eigenvalue weighted by Crippen LogP contribution is -2.25. The molecule has 1 fully saturated rings. The topological polar surface area (TPSA) is 34.1 Å². The summed E-state index contributed by atoms with van der Waals surface area (Å²) in [4.78, 5) is 4.48. The van der Waals surface area contributed by atoms with Crippen LogP contribution in [0.25, 0.3) is 10.9 Å². The van der Waals surface area contributed by atoms with Crippen LogP contribution in [0.15, 0.2) is 36.5 Å². The molecule has 1 N–H and O–H groups in total. The number of pyridine rings is 1. The van der Waals surface area contributed by atoms with Crippen LogP contribution in [0.1, 0.15) is 37.8 Å². The van der Waals surface area contributed by atoms with Crippen molar-refractivity contribution in [3.8, 4) is 0 Å². The number of aromatic nitrogens is 1. The fourth-order valence-corrected chi connectivity index (χ4v) is 3.17. The first-order valence-electron chi connectivity index (χ1n) is 8.03. The van der Waals surface area contributed by atoms with Gasteiger partial charge in [0.1, 0.15) is 0 Å². The Morgan fingerprint density at radius 1 is 1.33 bits per heavy atom. The van der Waals surface area contributed by atoms with Gasteiger partial charge < -0.3 is 10.1 Å². The van der Waals surface area contributed by atoms with Gasteiger partial charge in [-0.15, -0.1) is 0 Å². The maximum absolute atomic E-state index is 5.55. The first-order valence-corrected chi connectivity index (χ1v) is 8.03. The summed E-state index contributed by atoms with van der Waals surface area (Å²) >= 11 is 0. The lowest BCUT2D eigenvalue weighted by atomic mass is 9.92. The summed E-state index contributed by atoms with van der Waals surface area (Å²) in [6.45, 7) is 5.10. The van der Waals surface area contributed by atoms with Crippen LogP contribution in [-0.2, 0) is 4.74 Å². The Bertz CT molecular complexity index is 573. The number of ether oxygens (including phenoxy) is 1. The molecule has 1 aromatic heterocycles. The Hall–Kier alpha value is -1.45. The van der Waals surface area contributed by atoms with Gasteiger partial charge in [0.25, 0.3) is 0 Å². The van der Waals surface area contributed by atoms with E-state index in [1.807, 2.05) is 12.3 Å². The van der Waals surface area contributed by atoms with Crippen molar-refractivity contribution in [2.75, 3.05) is 19.8 Å². The van der Waals surface area contributed by atoms with Gasteiger partial charge in [0.2, 0.25) is 0 Å². The minimum atomic E-state index is 0.393. The van der Waals surface area contributed by atoms with Crippen LogP contribution in [0, 0.1) is 5.92 Å². The smallest absolute Gasteiger partial charge is 0.0705 e. The fourth-order valence-electron chi connectivity index (χ4n) is 3.17. The van der Waals surface area contributed by atoms with Crippen molar-refractivity contribution in [3.63, 3.8) is 0 Å². The molecule has 2 unspecified atom stereocenters. The molecule has 112 valence electrons. The zero-order valence-corrected chi connectivity index (χ0v) is 12.7. The molecule has 3 heteroatoms. The van der Waals surface area contributed by atoms with Crippen LogP contribution in [0.2, 0.25) is 0 Å². The van der Waals surface area contributed by atoms with Gasteiger partial charge >= 0.3 is 0 Å². The largest absolute Gasteiger partial charge is 0.381 e. The summed E-state index contributed by atoms with van der Waals surface area (Å²) in [6.07, 6.45) is 5.35. The van der Waals surface area contributed by atoms with Gasteiger partial charge in [0, 0.05) is 30.8 Å². The minimum Gasteiger partial charge on any atom is -0.381 e. The lowest BCUT2D eigenvalue weighted by Gasteiger charge is -2.23. The Labute approximate surface area is 126 Å². The van der Waals surface area contributed by atoms with Gasteiger partial charge in [0.15, 0.2) is 0 Å². The van der Waals surface area contributed by atoms with Crippen LogP contribution in [0.3, 0.4) is 0 Å². The molecule has 21 heavy (non-hydrogen) atoms. The monoisotopic (exact) mass is 284 g/mol. The molecule has 2 aromatic rings. The van der Waals surface area contributed by atoms with Crippen LogP contribution in [0.5, 0.6) is 0 Å². The van der Waals surface area contributed by atoms with Crippen molar-refractivity contribution >= 4 is 10.9 Å². The van der Waals surface area contributed by atoms with Crippen molar-refractivity contribution in [2.45, 2.75) is 32.2 Å². The zero-order valence-electron chi connectivity index (χ0n) is 12.7. The Morgan fingerprint density at radius 2 is 2.29 bits per heavy atom. The van der Waals surface area contributed by atoms with E-state index in [4.69, 9.17) is 4.74 Å². The van der Waals surface area contributed by atoms with E-state index in [1.165, 1.54) is 17.4 Å². The Balaban J connectivity index is 1.89. The third-order valence-corrected chi connectivity index (χ3v) is 4.29. The predicted octanol–water partition coefficient (Wildman–Crippen LogP) is 3.70. The number of hydrogen-bond donors (Lipinski definition) is 1. The molecule has 0 spiro atoms. The molecule has 1 aliphatic rings. The summed E-state index contributed by atoms with van der Waals surface area (Å²) in [5.41, 5.74) is 2.46. The minimum absolute atomic E-state index is 0.393. The van der Waals surface area contributed by atoms with E-state index in [1.54, 1.807) is 0 Å². The van der Waals surface area contributed by atoms with E-state index in [0.29, 0.717) is 12.0 Å². The molecule has 3 nitrogen and oxygen atoms in total. The number of nitrogens with zero attached hydrogens (tertiary/aromatic N) is 1. The number of nitrogens with one attached hydrogen (secondary N) is 1. The normalized spacial score (nSPS) is 20.0. The lowest BCUT2D eigenvalue weighted by molar-refractivity contribution is 0.181. The maximum atomic E-state index is 5.55. The fraction of sp³-hybridized carbons (Fsp3) is 0.500. The van der Waals surface area contributed by atoms with Gasteiger partial charge in [-0.3, -0.25) is 4.98 Å². The van der Waals surface area contributed by atoms with E-state index < -0.39 is 0 Å². The molecule has 0 radical (unpaired) electrons. The average molecular weight is 284 g/mol. The van der Waals surface area contributed by atoms with Gasteiger partial charge in [0.05, 0.1) is 5.52 Å². The molecule has 1 aromatic carbocycles. The molecule has 2 heterocycles. The second-order valence-corrected chi connectivity index (χ2v) is 5.89. The van der Waals surface area contributed by atoms with Crippen LogP contribution in [0.4, 0.5) is 0 Å². The summed E-state index contributed by atoms with van der Waals surface area (Å²) in [5.74, 6) is 0.672. The number of hydrogen-bond acceptors (Lipinski definition) is 3. The van der Waals surface area contributed by atoms with Crippen molar-refractivity contribution in [1.82, 2.24) is 10.3 Å². The SMILES string of the molecule is CCCNC(CC1CCOC1)c1cccc2ncccc12. The molecule has 0 bridgehead atoms. The quantitative estimate of drug-likeness (QED) is 0.878. The number of benzene rings is 1. The van der Waals surface area contributed by atoms with E-state index in [0.717, 1.165) is 38.1 Å². The highest BCUT2D eigenvalue weighted by molar-refractivity contribution is 5.82. The van der Waals surface area contributed by atoms with Crippen LogP contribution in [-0.4, -0.2) is 24.7 Å². The van der Waals surface area contributed by atoms with E-state index in [-0.39, 0.29) is 0 Å². The van der Waals surface area contributed by atoms with Crippen molar-refractivity contribution < 1.29 is 4.74 Å². The maximum Gasteiger partial charge on any atom is 0.0705 e.